The highest BCUT2D eigenvalue weighted by atomic mass is 16.5. The Hall–Kier alpha value is -0.900. The highest BCUT2D eigenvalue weighted by molar-refractivity contribution is 5.25. The van der Waals surface area contributed by atoms with E-state index in [1.165, 1.54) is 5.56 Å². The Balaban J connectivity index is 2.10. The summed E-state index contributed by atoms with van der Waals surface area (Å²) in [5.74, 6) is 0. The molecule has 0 radical (unpaired) electrons. The molecule has 19 heavy (non-hydrogen) atoms. The normalized spacial score (nSPS) is 22.6. The van der Waals surface area contributed by atoms with E-state index < -0.39 is 0 Å². The third kappa shape index (κ3) is 3.56. The molecule has 1 fully saturated rings. The van der Waals surface area contributed by atoms with Gasteiger partial charge in [-0.1, -0.05) is 37.3 Å². The Morgan fingerprint density at radius 3 is 2.68 bits per heavy atom. The van der Waals surface area contributed by atoms with Gasteiger partial charge in [0.2, 0.25) is 0 Å². The van der Waals surface area contributed by atoms with Crippen molar-refractivity contribution >= 4 is 0 Å². The summed E-state index contributed by atoms with van der Waals surface area (Å²) in [5.41, 5.74) is 1.53. The third-order valence-corrected chi connectivity index (χ3v) is 4.17. The summed E-state index contributed by atoms with van der Waals surface area (Å²) in [5, 5.41) is 3.34. The van der Waals surface area contributed by atoms with Crippen LogP contribution in [0.3, 0.4) is 0 Å². The van der Waals surface area contributed by atoms with Crippen molar-refractivity contribution < 1.29 is 4.74 Å². The Morgan fingerprint density at radius 2 is 2.11 bits per heavy atom. The van der Waals surface area contributed by atoms with Crippen LogP contribution in [0.25, 0.3) is 0 Å². The van der Waals surface area contributed by atoms with Crippen molar-refractivity contribution in [1.29, 1.82) is 0 Å². The van der Waals surface area contributed by atoms with Gasteiger partial charge in [0, 0.05) is 31.2 Å². The molecule has 0 aliphatic carbocycles. The second-order valence-electron chi connectivity index (χ2n) is 5.89. The van der Waals surface area contributed by atoms with Gasteiger partial charge in [0.1, 0.15) is 0 Å². The smallest absolute Gasteiger partial charge is 0.0622 e. The molecule has 1 aromatic carbocycles. The molecule has 1 aromatic rings. The molecular formula is C16H26N2O. The van der Waals surface area contributed by atoms with Crippen LogP contribution in [0.4, 0.5) is 0 Å². The van der Waals surface area contributed by atoms with E-state index in [1.54, 1.807) is 0 Å². The molecule has 3 heteroatoms. The molecule has 0 bridgehead atoms. The minimum atomic E-state index is 0.132. The highest BCUT2D eigenvalue weighted by Crippen LogP contribution is 2.25. The maximum Gasteiger partial charge on any atom is 0.0622 e. The second-order valence-corrected chi connectivity index (χ2v) is 5.89. The van der Waals surface area contributed by atoms with Crippen LogP contribution in [0.1, 0.15) is 18.9 Å². The van der Waals surface area contributed by atoms with Crippen molar-refractivity contribution in [3.63, 3.8) is 0 Å². The first-order valence-corrected chi connectivity index (χ1v) is 7.14. The lowest BCUT2D eigenvalue weighted by Crippen LogP contribution is -2.47. The van der Waals surface area contributed by atoms with Crippen molar-refractivity contribution in [2.24, 2.45) is 0 Å². The molecule has 0 aromatic heterocycles. The number of benzene rings is 1. The summed E-state index contributed by atoms with van der Waals surface area (Å²) in [6.07, 6.45) is 1.15. The predicted octanol–water partition coefficient (Wildman–Crippen LogP) is 1.88. The maximum atomic E-state index is 5.50. The highest BCUT2D eigenvalue weighted by Gasteiger charge is 2.31. The van der Waals surface area contributed by atoms with E-state index in [0.717, 1.165) is 32.7 Å². The first-order chi connectivity index (χ1) is 9.15. The van der Waals surface area contributed by atoms with E-state index >= 15 is 0 Å². The number of nitrogens with zero attached hydrogens (tertiary/aromatic N) is 1. The van der Waals surface area contributed by atoms with Gasteiger partial charge < -0.3 is 15.0 Å². The van der Waals surface area contributed by atoms with Gasteiger partial charge in [0.25, 0.3) is 0 Å². The summed E-state index contributed by atoms with van der Waals surface area (Å²) in [4.78, 5) is 2.46. The number of likely N-dealkylation sites (N-methyl/N-ethyl adjacent to an activating group) is 2. The largest absolute Gasteiger partial charge is 0.380 e. The fourth-order valence-corrected chi connectivity index (χ4v) is 3.03. The second kappa shape index (κ2) is 6.51. The Kier molecular flexibility index (Phi) is 4.97. The Labute approximate surface area is 116 Å². The maximum absolute atomic E-state index is 5.50. The monoisotopic (exact) mass is 262 g/mol. The van der Waals surface area contributed by atoms with Crippen LogP contribution >= 0.6 is 0 Å². The van der Waals surface area contributed by atoms with Gasteiger partial charge >= 0.3 is 0 Å². The van der Waals surface area contributed by atoms with E-state index in [9.17, 15) is 0 Å². The summed E-state index contributed by atoms with van der Waals surface area (Å²) in [6.45, 7) is 6.15. The molecule has 2 unspecified atom stereocenters. The topological polar surface area (TPSA) is 24.5 Å². The molecule has 106 valence electrons. The zero-order valence-corrected chi connectivity index (χ0v) is 12.4. The molecule has 0 saturated carbocycles. The number of nitrogens with one attached hydrogen (secondary N) is 1. The molecule has 3 nitrogen and oxygen atoms in total. The molecule has 1 N–H and O–H groups in total. The lowest BCUT2D eigenvalue weighted by molar-refractivity contribution is 0.144. The first-order valence-electron chi connectivity index (χ1n) is 7.14. The van der Waals surface area contributed by atoms with Gasteiger partial charge in [-0.15, -0.1) is 0 Å². The van der Waals surface area contributed by atoms with Crippen LogP contribution in [0, 0.1) is 0 Å². The molecule has 1 aliphatic rings. The number of ether oxygens (including phenoxy) is 1. The SMILES string of the molecule is CNCC(C)(CN(C)C1CCOC1)c1ccccc1. The third-order valence-electron chi connectivity index (χ3n) is 4.17. The molecule has 1 aliphatic heterocycles. The lowest BCUT2D eigenvalue weighted by atomic mass is 9.81. The molecular weight excluding hydrogens is 236 g/mol. The van der Waals surface area contributed by atoms with Gasteiger partial charge in [-0.2, -0.15) is 0 Å². The summed E-state index contributed by atoms with van der Waals surface area (Å²) in [7, 11) is 4.25. The van der Waals surface area contributed by atoms with E-state index in [4.69, 9.17) is 4.74 Å². The zero-order chi connectivity index (χ0) is 13.7. The van der Waals surface area contributed by atoms with Crippen molar-refractivity contribution in [3.05, 3.63) is 35.9 Å². The first kappa shape index (κ1) is 14.5. The van der Waals surface area contributed by atoms with Crippen LogP contribution in [0.5, 0.6) is 0 Å². The molecule has 0 spiro atoms. The molecule has 0 amide bonds. The van der Waals surface area contributed by atoms with Crippen molar-refractivity contribution in [2.75, 3.05) is 40.4 Å². The Morgan fingerprint density at radius 1 is 1.37 bits per heavy atom. The van der Waals surface area contributed by atoms with Crippen LogP contribution < -0.4 is 5.32 Å². The average Bonchev–Trinajstić information content (AvgIpc) is 2.94. The summed E-state index contributed by atoms with van der Waals surface area (Å²) >= 11 is 0. The number of rotatable bonds is 6. The van der Waals surface area contributed by atoms with Crippen LogP contribution in [0.15, 0.2) is 30.3 Å². The van der Waals surface area contributed by atoms with E-state index in [-0.39, 0.29) is 5.41 Å². The fourth-order valence-electron chi connectivity index (χ4n) is 3.03. The fraction of sp³-hybridized carbons (Fsp3) is 0.625. The van der Waals surface area contributed by atoms with Crippen molar-refractivity contribution in [2.45, 2.75) is 24.8 Å². The molecule has 2 rings (SSSR count). The van der Waals surface area contributed by atoms with Gasteiger partial charge in [-0.25, -0.2) is 0 Å². The van der Waals surface area contributed by atoms with Crippen molar-refractivity contribution in [1.82, 2.24) is 10.2 Å². The quantitative estimate of drug-likeness (QED) is 0.847. The van der Waals surface area contributed by atoms with E-state index in [2.05, 4.69) is 54.5 Å². The van der Waals surface area contributed by atoms with E-state index in [1.807, 2.05) is 7.05 Å². The Bertz CT molecular complexity index is 376. The zero-order valence-electron chi connectivity index (χ0n) is 12.4. The summed E-state index contributed by atoms with van der Waals surface area (Å²) in [6, 6.07) is 11.4. The minimum absolute atomic E-state index is 0.132. The van der Waals surface area contributed by atoms with Crippen molar-refractivity contribution in [3.8, 4) is 0 Å². The van der Waals surface area contributed by atoms with E-state index in [0.29, 0.717) is 6.04 Å². The minimum Gasteiger partial charge on any atom is -0.380 e. The predicted molar refractivity (Wildman–Crippen MR) is 79.6 cm³/mol. The summed E-state index contributed by atoms with van der Waals surface area (Å²) < 4.78 is 5.50. The van der Waals surface area contributed by atoms with Gasteiger partial charge in [0.05, 0.1) is 6.61 Å². The molecule has 1 heterocycles. The average molecular weight is 262 g/mol. The standard InChI is InChI=1S/C16H26N2O/c1-16(12-17-2,14-7-5-4-6-8-14)13-18(3)15-9-10-19-11-15/h4-8,15,17H,9-13H2,1-3H3. The van der Waals surface area contributed by atoms with Gasteiger partial charge in [0.15, 0.2) is 0 Å². The molecule has 1 saturated heterocycles. The molecule has 2 atom stereocenters. The van der Waals surface area contributed by atoms with Gasteiger partial charge in [-0.3, -0.25) is 0 Å². The number of hydrogen-bond donors (Lipinski definition) is 1. The van der Waals surface area contributed by atoms with Crippen LogP contribution in [-0.2, 0) is 10.2 Å². The van der Waals surface area contributed by atoms with Gasteiger partial charge in [-0.05, 0) is 26.1 Å². The lowest BCUT2D eigenvalue weighted by Gasteiger charge is -2.36. The van der Waals surface area contributed by atoms with Crippen LogP contribution in [0.2, 0.25) is 0 Å². The number of hydrogen-bond acceptors (Lipinski definition) is 3. The van der Waals surface area contributed by atoms with Crippen LogP contribution in [-0.4, -0.2) is 51.3 Å².